The van der Waals surface area contributed by atoms with Gasteiger partial charge in [-0.15, -0.1) is 0 Å². The van der Waals surface area contributed by atoms with Crippen LogP contribution in [-0.4, -0.2) is 55.7 Å². The van der Waals surface area contributed by atoms with E-state index in [0.717, 1.165) is 42.2 Å². The zero-order valence-electron chi connectivity index (χ0n) is 16.7. The van der Waals surface area contributed by atoms with E-state index in [1.165, 1.54) is 10.9 Å². The number of fused-ring (bicyclic) bond motifs is 3. The van der Waals surface area contributed by atoms with Crippen LogP contribution in [0.25, 0.3) is 21.9 Å². The molecule has 3 aromatic heterocycles. The number of aromatic nitrogens is 3. The monoisotopic (exact) mass is 393 g/mol. The Kier molecular flexibility index (Phi) is 4.42. The summed E-state index contributed by atoms with van der Waals surface area (Å²) in [6.45, 7) is 2.83. The van der Waals surface area contributed by atoms with Gasteiger partial charge in [0, 0.05) is 35.8 Å². The Morgan fingerprint density at radius 2 is 2.10 bits per heavy atom. The average Bonchev–Trinajstić information content (AvgIpc) is 3.34. The summed E-state index contributed by atoms with van der Waals surface area (Å²) in [6.07, 6.45) is 10.3. The second-order valence-electron chi connectivity index (χ2n) is 8.83. The number of nitrogens with one attached hydrogen (secondary N) is 2. The number of hydrogen-bond donors (Lipinski definition) is 3. The molecule has 1 saturated carbocycles. The number of aromatic amines is 1. The number of urea groups is 1. The first-order valence-corrected chi connectivity index (χ1v) is 10.5. The van der Waals surface area contributed by atoms with Gasteiger partial charge in [-0.05, 0) is 62.6 Å². The van der Waals surface area contributed by atoms with Crippen molar-refractivity contribution in [2.45, 2.75) is 56.6 Å². The SMILES string of the molecule is CC1(O)CCN(C(=O)NC2CCC(c3ccnc4cnc5[nH]ccc5c34)CC2)C1. The molecular formula is C22H27N5O2. The summed E-state index contributed by atoms with van der Waals surface area (Å²) in [5, 5.41) is 15.6. The van der Waals surface area contributed by atoms with E-state index in [-0.39, 0.29) is 12.1 Å². The number of aliphatic hydroxyl groups is 1. The summed E-state index contributed by atoms with van der Waals surface area (Å²) in [7, 11) is 0. The smallest absolute Gasteiger partial charge is 0.317 e. The molecule has 1 aliphatic carbocycles. The second-order valence-corrected chi connectivity index (χ2v) is 8.83. The average molecular weight is 393 g/mol. The molecule has 1 atom stereocenters. The first kappa shape index (κ1) is 18.4. The molecule has 0 spiro atoms. The molecule has 7 heteroatoms. The predicted octanol–water partition coefficient (Wildman–Crippen LogP) is 3.30. The van der Waals surface area contributed by atoms with E-state index >= 15 is 0 Å². The standard InChI is InChI=1S/C22H27N5O2/c1-22(29)8-11-27(13-22)21(28)26-15-4-2-14(3-5-15)16-6-9-23-18-12-25-20-17(19(16)18)7-10-24-20/h6-7,9-10,12,14-15,29H,2-5,8,11,13H2,1H3,(H,24,25)(H,26,28). The topological polar surface area (TPSA) is 94.1 Å². The van der Waals surface area contributed by atoms with Crippen LogP contribution in [-0.2, 0) is 0 Å². The number of carbonyl (C=O) groups excluding carboxylic acids is 1. The third kappa shape index (κ3) is 3.44. The minimum atomic E-state index is -0.754. The summed E-state index contributed by atoms with van der Waals surface area (Å²) in [5.41, 5.74) is 2.41. The molecule has 4 heterocycles. The maximum atomic E-state index is 12.5. The third-order valence-corrected chi connectivity index (χ3v) is 6.56. The van der Waals surface area contributed by atoms with Crippen molar-refractivity contribution >= 4 is 28.0 Å². The second kappa shape index (κ2) is 6.99. The van der Waals surface area contributed by atoms with Gasteiger partial charge in [0.05, 0.1) is 23.9 Å². The van der Waals surface area contributed by atoms with Crippen molar-refractivity contribution in [1.82, 2.24) is 25.2 Å². The van der Waals surface area contributed by atoms with E-state index in [0.29, 0.717) is 25.4 Å². The summed E-state index contributed by atoms with van der Waals surface area (Å²) in [6, 6.07) is 4.38. The van der Waals surface area contributed by atoms with Crippen LogP contribution in [0.15, 0.2) is 30.7 Å². The van der Waals surface area contributed by atoms with Gasteiger partial charge in [0.2, 0.25) is 0 Å². The van der Waals surface area contributed by atoms with E-state index in [2.05, 4.69) is 32.4 Å². The zero-order valence-corrected chi connectivity index (χ0v) is 16.7. The molecule has 29 heavy (non-hydrogen) atoms. The van der Waals surface area contributed by atoms with Gasteiger partial charge in [-0.2, -0.15) is 0 Å². The molecule has 152 valence electrons. The van der Waals surface area contributed by atoms with E-state index in [9.17, 15) is 9.90 Å². The van der Waals surface area contributed by atoms with Crippen molar-refractivity contribution in [1.29, 1.82) is 0 Å². The van der Waals surface area contributed by atoms with Crippen molar-refractivity contribution < 1.29 is 9.90 Å². The summed E-state index contributed by atoms with van der Waals surface area (Å²) in [5.74, 6) is 0.460. The fourth-order valence-electron chi connectivity index (χ4n) is 4.95. The number of rotatable bonds is 2. The lowest BCUT2D eigenvalue weighted by molar-refractivity contribution is 0.0716. The van der Waals surface area contributed by atoms with Crippen LogP contribution in [0.4, 0.5) is 4.79 Å². The normalized spacial score (nSPS) is 27.6. The molecule has 5 rings (SSSR count). The summed E-state index contributed by atoms with van der Waals surface area (Å²) in [4.78, 5) is 26.4. The van der Waals surface area contributed by atoms with Gasteiger partial charge in [0.1, 0.15) is 5.65 Å². The number of H-pyrrole nitrogens is 1. The first-order valence-electron chi connectivity index (χ1n) is 10.5. The van der Waals surface area contributed by atoms with E-state index in [1.807, 2.05) is 18.6 Å². The fourth-order valence-corrected chi connectivity index (χ4v) is 4.95. The van der Waals surface area contributed by atoms with Crippen LogP contribution < -0.4 is 5.32 Å². The third-order valence-electron chi connectivity index (χ3n) is 6.56. The zero-order chi connectivity index (χ0) is 20.0. The van der Waals surface area contributed by atoms with Crippen LogP contribution in [0.3, 0.4) is 0 Å². The highest BCUT2D eigenvalue weighted by Gasteiger charge is 2.35. The number of likely N-dealkylation sites (tertiary alicyclic amines) is 1. The molecule has 1 saturated heterocycles. The molecule has 2 aliphatic rings. The Morgan fingerprint density at radius 1 is 1.28 bits per heavy atom. The lowest BCUT2D eigenvalue weighted by atomic mass is 9.80. The van der Waals surface area contributed by atoms with Crippen molar-refractivity contribution in [3.05, 3.63) is 36.3 Å². The lowest BCUT2D eigenvalue weighted by Gasteiger charge is -2.31. The van der Waals surface area contributed by atoms with Gasteiger partial charge < -0.3 is 20.3 Å². The number of hydrogen-bond acceptors (Lipinski definition) is 4. The molecule has 7 nitrogen and oxygen atoms in total. The van der Waals surface area contributed by atoms with Crippen molar-refractivity contribution in [2.24, 2.45) is 0 Å². The summed E-state index contributed by atoms with van der Waals surface area (Å²) < 4.78 is 0. The maximum Gasteiger partial charge on any atom is 0.317 e. The van der Waals surface area contributed by atoms with Gasteiger partial charge >= 0.3 is 6.03 Å². The summed E-state index contributed by atoms with van der Waals surface area (Å²) >= 11 is 0. The highest BCUT2D eigenvalue weighted by Crippen LogP contribution is 2.38. The Morgan fingerprint density at radius 3 is 2.86 bits per heavy atom. The van der Waals surface area contributed by atoms with Crippen LogP contribution in [0.1, 0.15) is 50.5 Å². The number of pyridine rings is 2. The molecule has 0 aromatic carbocycles. The Hall–Kier alpha value is -2.67. The van der Waals surface area contributed by atoms with E-state index < -0.39 is 5.60 Å². The highest BCUT2D eigenvalue weighted by atomic mass is 16.3. The van der Waals surface area contributed by atoms with Crippen LogP contribution >= 0.6 is 0 Å². The molecule has 2 fully saturated rings. The molecule has 3 aromatic rings. The van der Waals surface area contributed by atoms with E-state index in [1.54, 1.807) is 11.8 Å². The minimum Gasteiger partial charge on any atom is -0.388 e. The van der Waals surface area contributed by atoms with Gasteiger partial charge in [-0.3, -0.25) is 4.98 Å². The molecule has 2 amide bonds. The molecule has 3 N–H and O–H groups in total. The van der Waals surface area contributed by atoms with Crippen LogP contribution in [0.2, 0.25) is 0 Å². The number of carbonyl (C=O) groups is 1. The fraction of sp³-hybridized carbons (Fsp3) is 0.500. The predicted molar refractivity (Wildman–Crippen MR) is 112 cm³/mol. The Bertz CT molecular complexity index is 1050. The van der Waals surface area contributed by atoms with Gasteiger partial charge in [-0.1, -0.05) is 0 Å². The van der Waals surface area contributed by atoms with Crippen molar-refractivity contribution in [3.8, 4) is 0 Å². The van der Waals surface area contributed by atoms with Gasteiger partial charge in [-0.25, -0.2) is 9.78 Å². The van der Waals surface area contributed by atoms with Crippen molar-refractivity contribution in [3.63, 3.8) is 0 Å². The highest BCUT2D eigenvalue weighted by molar-refractivity contribution is 6.05. The molecular weight excluding hydrogens is 366 g/mol. The Balaban J connectivity index is 1.29. The minimum absolute atomic E-state index is 0.0410. The van der Waals surface area contributed by atoms with Gasteiger partial charge in [0.15, 0.2) is 0 Å². The number of β-amino-alcohol motifs (C(OH)–C–C–N with tert-alkyl or cyclic N) is 1. The molecule has 1 unspecified atom stereocenters. The van der Waals surface area contributed by atoms with Crippen LogP contribution in [0, 0.1) is 0 Å². The molecule has 1 aliphatic heterocycles. The van der Waals surface area contributed by atoms with Crippen molar-refractivity contribution in [2.75, 3.05) is 13.1 Å². The largest absolute Gasteiger partial charge is 0.388 e. The quantitative estimate of drug-likeness (QED) is 0.623. The lowest BCUT2D eigenvalue weighted by Crippen LogP contribution is -2.46. The number of nitrogens with zero attached hydrogens (tertiary/aromatic N) is 3. The molecule has 0 radical (unpaired) electrons. The number of amides is 2. The first-order chi connectivity index (χ1) is 14.0. The maximum absolute atomic E-state index is 12.5. The Labute approximate surface area is 169 Å². The molecule has 0 bridgehead atoms. The van der Waals surface area contributed by atoms with E-state index in [4.69, 9.17) is 0 Å². The van der Waals surface area contributed by atoms with Crippen LogP contribution in [0.5, 0.6) is 0 Å². The van der Waals surface area contributed by atoms with Gasteiger partial charge in [0.25, 0.3) is 0 Å².